The maximum absolute atomic E-state index is 12.3. The molecule has 0 bridgehead atoms. The van der Waals surface area contributed by atoms with E-state index in [4.69, 9.17) is 9.47 Å². The zero-order valence-electron chi connectivity index (χ0n) is 45.9. The van der Waals surface area contributed by atoms with Crippen LogP contribution in [0.4, 0.5) is 0 Å². The van der Waals surface area contributed by atoms with E-state index in [1.54, 1.807) is 0 Å². The van der Waals surface area contributed by atoms with Gasteiger partial charge in [0.25, 0.3) is 0 Å². The molecule has 1 N–H and O–H groups in total. The average molecular weight is 990 g/mol. The molecule has 72 heavy (non-hydrogen) atoms. The summed E-state index contributed by atoms with van der Waals surface area (Å²) in [4.78, 5) is 24.5. The van der Waals surface area contributed by atoms with Crippen LogP contribution in [0.15, 0.2) is 170 Å². The van der Waals surface area contributed by atoms with Crippen LogP contribution >= 0.6 is 0 Å². The summed E-state index contributed by atoms with van der Waals surface area (Å²) in [6, 6.07) is 0. The minimum absolute atomic E-state index is 0.0945. The van der Waals surface area contributed by atoms with Crippen molar-refractivity contribution in [3.63, 3.8) is 0 Å². The van der Waals surface area contributed by atoms with E-state index in [9.17, 15) is 14.7 Å². The van der Waals surface area contributed by atoms with Crippen molar-refractivity contribution in [3.05, 3.63) is 170 Å². The Kier molecular flexibility index (Phi) is 56.6. The number of carbonyl (C=O) groups is 2. The molecule has 0 saturated heterocycles. The second-order valence-corrected chi connectivity index (χ2v) is 18.2. The van der Waals surface area contributed by atoms with Gasteiger partial charge in [-0.3, -0.25) is 9.59 Å². The highest BCUT2D eigenvalue weighted by Gasteiger charge is 2.16. The third kappa shape index (κ3) is 57.8. The molecule has 0 fully saturated rings. The minimum atomic E-state index is -0.801. The molecule has 0 aliphatic heterocycles. The second kappa shape index (κ2) is 60.6. The lowest BCUT2D eigenvalue weighted by molar-refractivity contribution is -0.161. The number of unbranched alkanes of at least 4 members (excludes halogenated alkanes) is 14. The molecule has 1 atom stereocenters. The topological polar surface area (TPSA) is 72.8 Å². The van der Waals surface area contributed by atoms with Gasteiger partial charge in [0.1, 0.15) is 6.61 Å². The first-order valence-electron chi connectivity index (χ1n) is 28.7. The number of aliphatic hydroxyl groups is 1. The summed E-state index contributed by atoms with van der Waals surface area (Å²) in [5, 5.41) is 9.64. The SMILES string of the molecule is CC/C=C\C/C=C\C/C=C\C/C=C\C/C=C\C/C=C\C/C=C\C/C=C\C/C=C\CCCCCCCCCCCCCC(=O)OC(CO)COC(=O)CCCCC/C=C\C/C=C\C/C=C\C/C=C\C/C=C\CC. The summed E-state index contributed by atoms with van der Waals surface area (Å²) < 4.78 is 10.7. The predicted octanol–water partition coefficient (Wildman–Crippen LogP) is 19.7. The van der Waals surface area contributed by atoms with Crippen LogP contribution in [0.25, 0.3) is 0 Å². The van der Waals surface area contributed by atoms with Crippen LogP contribution in [0.5, 0.6) is 0 Å². The summed E-state index contributed by atoms with van der Waals surface area (Å²) in [6.07, 6.45) is 94.6. The fourth-order valence-corrected chi connectivity index (χ4v) is 7.28. The number of carbonyl (C=O) groups excluding carboxylic acids is 2. The monoisotopic (exact) mass is 989 g/mol. The van der Waals surface area contributed by atoms with Crippen molar-refractivity contribution in [1.82, 2.24) is 0 Å². The van der Waals surface area contributed by atoms with Crippen LogP contribution in [-0.4, -0.2) is 36.4 Å². The second-order valence-electron chi connectivity index (χ2n) is 18.2. The zero-order valence-corrected chi connectivity index (χ0v) is 45.9. The summed E-state index contributed by atoms with van der Waals surface area (Å²) in [5.41, 5.74) is 0. The van der Waals surface area contributed by atoms with E-state index in [2.05, 4.69) is 184 Å². The molecule has 402 valence electrons. The average Bonchev–Trinajstić information content (AvgIpc) is 3.38. The molecule has 0 aliphatic carbocycles. The largest absolute Gasteiger partial charge is 0.462 e. The van der Waals surface area contributed by atoms with Crippen LogP contribution in [0.2, 0.25) is 0 Å². The van der Waals surface area contributed by atoms with Crippen LogP contribution in [-0.2, 0) is 19.1 Å². The Morgan fingerprint density at radius 2 is 0.556 bits per heavy atom. The number of hydrogen-bond acceptors (Lipinski definition) is 5. The lowest BCUT2D eigenvalue weighted by Gasteiger charge is -2.15. The Hall–Kier alpha value is -4.74. The minimum Gasteiger partial charge on any atom is -0.462 e. The Morgan fingerprint density at radius 3 is 0.847 bits per heavy atom. The quantitative estimate of drug-likeness (QED) is 0.0373. The summed E-state index contributed by atoms with van der Waals surface area (Å²) in [7, 11) is 0. The fourth-order valence-electron chi connectivity index (χ4n) is 7.28. The van der Waals surface area contributed by atoms with Gasteiger partial charge in [-0.05, 0) is 128 Å². The van der Waals surface area contributed by atoms with Gasteiger partial charge in [-0.2, -0.15) is 0 Å². The van der Waals surface area contributed by atoms with Gasteiger partial charge >= 0.3 is 11.9 Å². The molecule has 0 amide bonds. The molecule has 0 saturated carbocycles. The van der Waals surface area contributed by atoms with E-state index < -0.39 is 6.10 Å². The van der Waals surface area contributed by atoms with Crippen molar-refractivity contribution >= 4 is 11.9 Å². The number of rotatable bonds is 50. The Balaban J connectivity index is 3.62. The third-order valence-electron chi connectivity index (χ3n) is 11.5. The first kappa shape index (κ1) is 67.3. The van der Waals surface area contributed by atoms with Crippen molar-refractivity contribution in [2.24, 2.45) is 0 Å². The molecule has 0 aromatic rings. The molecular formula is C67H104O5. The molecule has 0 rings (SSSR count). The molecular weight excluding hydrogens is 885 g/mol. The van der Waals surface area contributed by atoms with Crippen molar-refractivity contribution in [3.8, 4) is 0 Å². The first-order chi connectivity index (χ1) is 35.6. The van der Waals surface area contributed by atoms with Crippen molar-refractivity contribution < 1.29 is 24.2 Å². The van der Waals surface area contributed by atoms with Gasteiger partial charge in [0.05, 0.1) is 6.61 Å². The number of hydrogen-bond donors (Lipinski definition) is 1. The smallest absolute Gasteiger partial charge is 0.306 e. The van der Waals surface area contributed by atoms with Gasteiger partial charge in [-0.25, -0.2) is 0 Å². The highest BCUT2D eigenvalue weighted by molar-refractivity contribution is 5.70. The molecule has 0 radical (unpaired) electrons. The zero-order chi connectivity index (χ0) is 52.0. The maximum Gasteiger partial charge on any atom is 0.306 e. The molecule has 0 aliphatic rings. The highest BCUT2D eigenvalue weighted by atomic mass is 16.6. The van der Waals surface area contributed by atoms with Gasteiger partial charge in [0.2, 0.25) is 0 Å². The van der Waals surface area contributed by atoms with Crippen LogP contribution in [0.1, 0.15) is 219 Å². The third-order valence-corrected chi connectivity index (χ3v) is 11.5. The highest BCUT2D eigenvalue weighted by Crippen LogP contribution is 2.14. The van der Waals surface area contributed by atoms with E-state index in [0.717, 1.165) is 135 Å². The van der Waals surface area contributed by atoms with Crippen molar-refractivity contribution in [2.45, 2.75) is 225 Å². The lowest BCUT2D eigenvalue weighted by Crippen LogP contribution is -2.28. The van der Waals surface area contributed by atoms with Crippen LogP contribution in [0.3, 0.4) is 0 Å². The van der Waals surface area contributed by atoms with E-state index in [-0.39, 0.29) is 25.2 Å². The Bertz CT molecular complexity index is 1640. The molecule has 1 unspecified atom stereocenters. The molecule has 0 spiro atoms. The van der Waals surface area contributed by atoms with Crippen LogP contribution < -0.4 is 0 Å². The number of esters is 2. The van der Waals surface area contributed by atoms with Crippen LogP contribution in [0, 0.1) is 0 Å². The van der Waals surface area contributed by atoms with E-state index in [1.165, 1.54) is 57.8 Å². The van der Waals surface area contributed by atoms with E-state index in [1.807, 2.05) is 0 Å². The predicted molar refractivity (Wildman–Crippen MR) is 315 cm³/mol. The summed E-state index contributed by atoms with van der Waals surface area (Å²) >= 11 is 0. The van der Waals surface area contributed by atoms with Gasteiger partial charge in [-0.1, -0.05) is 248 Å². The molecule has 0 aromatic heterocycles. The summed E-state index contributed by atoms with van der Waals surface area (Å²) in [5.74, 6) is -0.643. The van der Waals surface area contributed by atoms with Gasteiger partial charge < -0.3 is 14.6 Å². The first-order valence-corrected chi connectivity index (χ1v) is 28.7. The standard InChI is InChI=1S/C67H104O5/c1-3-5-7-9-11-13-15-17-19-21-23-24-25-26-27-28-29-30-31-32-33-34-35-36-37-38-39-40-41-42-44-46-48-50-52-54-56-58-60-62-67(70)72-65(63-68)64-71-66(69)61-59-57-55-53-51-49-47-45-43-22-20-18-16-14-12-10-8-6-4-2/h5-8,11-14,17-20,23-24,26-27,29-30,32-33,35-36,38-39,43,45,49,51,65,68H,3-4,9-10,15-16,21-22,25,28,31,34,37,40-42,44,46-48,50,52-64H2,1-2H3/b7-5-,8-6-,13-11-,14-12-,19-17-,20-18-,24-23-,27-26-,30-29-,33-32-,36-35-,39-38-,45-43-,51-49-. The molecule has 0 aromatic carbocycles. The number of ether oxygens (including phenoxy) is 2. The number of aliphatic hydroxyl groups excluding tert-OH is 1. The molecule has 5 nitrogen and oxygen atoms in total. The van der Waals surface area contributed by atoms with Gasteiger partial charge in [0.15, 0.2) is 6.10 Å². The molecule has 0 heterocycles. The Labute approximate surface area is 443 Å². The van der Waals surface area contributed by atoms with Gasteiger partial charge in [-0.15, -0.1) is 0 Å². The van der Waals surface area contributed by atoms with Gasteiger partial charge in [0, 0.05) is 12.8 Å². The van der Waals surface area contributed by atoms with Crippen molar-refractivity contribution in [2.75, 3.05) is 13.2 Å². The summed E-state index contributed by atoms with van der Waals surface area (Å²) in [6.45, 7) is 3.87. The normalized spacial score (nSPS) is 13.5. The van der Waals surface area contributed by atoms with E-state index in [0.29, 0.717) is 12.8 Å². The maximum atomic E-state index is 12.3. The Morgan fingerprint density at radius 1 is 0.319 bits per heavy atom. The fraction of sp³-hybridized carbons (Fsp3) is 0.552. The van der Waals surface area contributed by atoms with Crippen molar-refractivity contribution in [1.29, 1.82) is 0 Å². The van der Waals surface area contributed by atoms with E-state index >= 15 is 0 Å². The molecule has 5 heteroatoms. The number of allylic oxidation sites excluding steroid dienone is 28. The lowest BCUT2D eigenvalue weighted by atomic mass is 10.0.